The molecule has 0 radical (unpaired) electrons. The van der Waals surface area contributed by atoms with Gasteiger partial charge in [-0.05, 0) is 29.7 Å². The van der Waals surface area contributed by atoms with Gasteiger partial charge in [-0.15, -0.1) is 0 Å². The molecule has 0 aliphatic carbocycles. The van der Waals surface area contributed by atoms with Crippen molar-refractivity contribution in [2.45, 2.75) is 25.2 Å². The number of anilines is 1. The summed E-state index contributed by atoms with van der Waals surface area (Å²) < 4.78 is 6.66. The molecule has 0 fully saturated rings. The summed E-state index contributed by atoms with van der Waals surface area (Å²) in [5, 5.41) is 3.52. The summed E-state index contributed by atoms with van der Waals surface area (Å²) in [6.45, 7) is 2.19. The van der Waals surface area contributed by atoms with Crippen LogP contribution >= 0.6 is 0 Å². The Morgan fingerprint density at radius 3 is 2.27 bits per heavy atom. The number of hydrogen-bond donors (Lipinski definition) is 1. The fourth-order valence-corrected chi connectivity index (χ4v) is 3.68. The van der Waals surface area contributed by atoms with Crippen LogP contribution in [0.25, 0.3) is 6.08 Å². The van der Waals surface area contributed by atoms with Crippen molar-refractivity contribution < 1.29 is 4.74 Å². The minimum Gasteiger partial charge on any atom is -0.356 e. The van der Waals surface area contributed by atoms with Gasteiger partial charge in [0.1, 0.15) is 11.8 Å². The predicted molar refractivity (Wildman–Crippen MR) is 108 cm³/mol. The normalized spacial score (nSPS) is 22.0. The molecule has 1 heterocycles. The van der Waals surface area contributed by atoms with E-state index >= 15 is 0 Å². The van der Waals surface area contributed by atoms with E-state index in [1.54, 1.807) is 0 Å². The Kier molecular flexibility index (Phi) is 4.59. The lowest BCUT2D eigenvalue weighted by atomic mass is 9.81. The summed E-state index contributed by atoms with van der Waals surface area (Å²) in [4.78, 5) is 0. The maximum absolute atomic E-state index is 6.66. The van der Waals surface area contributed by atoms with Crippen molar-refractivity contribution in [3.05, 3.63) is 108 Å². The zero-order chi connectivity index (χ0) is 17.8. The summed E-state index contributed by atoms with van der Waals surface area (Å²) in [5.41, 5.74) is 4.23. The highest BCUT2D eigenvalue weighted by atomic mass is 16.5. The largest absolute Gasteiger partial charge is 0.356 e. The van der Waals surface area contributed by atoms with Gasteiger partial charge in [-0.2, -0.15) is 0 Å². The summed E-state index contributed by atoms with van der Waals surface area (Å²) in [6, 6.07) is 29.3. The third-order valence-corrected chi connectivity index (χ3v) is 4.99. The van der Waals surface area contributed by atoms with Gasteiger partial charge in [0.15, 0.2) is 0 Å². The maximum Gasteiger partial charge on any atom is 0.149 e. The van der Waals surface area contributed by atoms with E-state index in [9.17, 15) is 0 Å². The van der Waals surface area contributed by atoms with Crippen LogP contribution < -0.4 is 5.32 Å². The number of ether oxygens (including phenoxy) is 1. The van der Waals surface area contributed by atoms with Crippen LogP contribution in [0.2, 0.25) is 0 Å². The first-order valence-electron chi connectivity index (χ1n) is 9.14. The molecular weight excluding hydrogens is 318 g/mol. The van der Waals surface area contributed by atoms with E-state index in [4.69, 9.17) is 4.74 Å². The van der Waals surface area contributed by atoms with E-state index in [1.807, 2.05) is 24.3 Å². The van der Waals surface area contributed by atoms with Crippen molar-refractivity contribution >= 4 is 11.8 Å². The van der Waals surface area contributed by atoms with Gasteiger partial charge in [0.05, 0.1) is 0 Å². The summed E-state index contributed by atoms with van der Waals surface area (Å²) >= 11 is 0. The van der Waals surface area contributed by atoms with Crippen molar-refractivity contribution in [1.82, 2.24) is 0 Å². The Hall–Kier alpha value is -2.84. The van der Waals surface area contributed by atoms with E-state index in [0.29, 0.717) is 0 Å². The Labute approximate surface area is 155 Å². The number of rotatable bonds is 4. The Balaban J connectivity index is 1.75. The fraction of sp³-hybridized carbons (Fsp3) is 0.167. The zero-order valence-corrected chi connectivity index (χ0v) is 14.9. The Morgan fingerprint density at radius 1 is 0.885 bits per heavy atom. The Morgan fingerprint density at radius 2 is 1.54 bits per heavy atom. The number of hydrogen-bond acceptors (Lipinski definition) is 2. The second-order valence-corrected chi connectivity index (χ2v) is 6.54. The van der Waals surface area contributed by atoms with Crippen LogP contribution in [0, 0.1) is 0 Å². The highest BCUT2D eigenvalue weighted by Crippen LogP contribution is 2.44. The predicted octanol–water partition coefficient (Wildman–Crippen LogP) is 5.82. The third kappa shape index (κ3) is 3.04. The second kappa shape index (κ2) is 7.19. The molecule has 3 aromatic rings. The lowest BCUT2D eigenvalue weighted by Gasteiger charge is -2.42. The van der Waals surface area contributed by atoms with Gasteiger partial charge in [0, 0.05) is 11.3 Å². The average Bonchev–Trinajstić information content (AvgIpc) is 2.73. The van der Waals surface area contributed by atoms with Gasteiger partial charge >= 0.3 is 0 Å². The van der Waals surface area contributed by atoms with Crippen molar-refractivity contribution in [2.24, 2.45) is 0 Å². The van der Waals surface area contributed by atoms with Crippen LogP contribution in [0.4, 0.5) is 5.69 Å². The van der Waals surface area contributed by atoms with Crippen LogP contribution in [0.1, 0.15) is 30.0 Å². The van der Waals surface area contributed by atoms with E-state index in [1.165, 1.54) is 16.7 Å². The van der Waals surface area contributed by atoms with Crippen molar-refractivity contribution in [1.29, 1.82) is 0 Å². The maximum atomic E-state index is 6.66. The molecule has 26 heavy (non-hydrogen) atoms. The molecule has 0 bridgehead atoms. The summed E-state index contributed by atoms with van der Waals surface area (Å²) in [5.74, 6) is 0. The molecule has 1 N–H and O–H groups in total. The summed E-state index contributed by atoms with van der Waals surface area (Å²) in [7, 11) is 0. The molecule has 0 spiro atoms. The van der Waals surface area contributed by atoms with Gasteiger partial charge in [-0.25, -0.2) is 0 Å². The molecule has 3 aromatic carbocycles. The topological polar surface area (TPSA) is 21.3 Å². The molecule has 2 heteroatoms. The van der Waals surface area contributed by atoms with Gasteiger partial charge in [0.25, 0.3) is 0 Å². The molecule has 0 amide bonds. The van der Waals surface area contributed by atoms with E-state index in [0.717, 1.165) is 12.1 Å². The molecule has 0 saturated heterocycles. The molecule has 1 aliphatic rings. The number of para-hydroxylation sites is 1. The minimum atomic E-state index is -0.450. The molecule has 4 rings (SSSR count). The molecule has 0 aromatic heterocycles. The molecule has 130 valence electrons. The quantitative estimate of drug-likeness (QED) is 0.645. The number of nitrogens with one attached hydrogen (secondary N) is 1. The van der Waals surface area contributed by atoms with Crippen molar-refractivity contribution in [2.75, 3.05) is 5.32 Å². The molecule has 1 aliphatic heterocycles. The van der Waals surface area contributed by atoms with E-state index in [2.05, 4.69) is 85.1 Å². The van der Waals surface area contributed by atoms with Gasteiger partial charge in [-0.3, -0.25) is 0 Å². The molecule has 2 nitrogen and oxygen atoms in total. The van der Waals surface area contributed by atoms with Crippen LogP contribution in [0.15, 0.2) is 91.0 Å². The fourth-order valence-electron chi connectivity index (χ4n) is 3.68. The molecule has 2 unspecified atom stereocenters. The van der Waals surface area contributed by atoms with Crippen LogP contribution in [0.3, 0.4) is 0 Å². The number of fused-ring (bicyclic) bond motifs is 1. The second-order valence-electron chi connectivity index (χ2n) is 6.54. The summed E-state index contributed by atoms with van der Waals surface area (Å²) in [6.07, 6.45) is 4.88. The Bertz CT molecular complexity index is 888. The number of benzene rings is 3. The standard InChI is InChI=1S/C24H23NO/c1-2-24(20-13-7-4-8-14-20)21-15-9-10-16-22(21)25-23(26-24)18-17-19-11-5-3-6-12-19/h3-18,23,25H,2H2,1H3. The lowest BCUT2D eigenvalue weighted by molar-refractivity contribution is -0.0506. The zero-order valence-electron chi connectivity index (χ0n) is 14.9. The van der Waals surface area contributed by atoms with Crippen LogP contribution in [0.5, 0.6) is 0 Å². The van der Waals surface area contributed by atoms with E-state index < -0.39 is 5.60 Å². The highest BCUT2D eigenvalue weighted by Gasteiger charge is 2.40. The van der Waals surface area contributed by atoms with Crippen molar-refractivity contribution in [3.63, 3.8) is 0 Å². The van der Waals surface area contributed by atoms with Gasteiger partial charge in [-0.1, -0.05) is 91.9 Å². The van der Waals surface area contributed by atoms with E-state index in [-0.39, 0.29) is 6.23 Å². The SMILES string of the molecule is CCC1(c2ccccc2)OC(C=Cc2ccccc2)Nc2ccccc21. The smallest absolute Gasteiger partial charge is 0.149 e. The first kappa shape index (κ1) is 16.6. The lowest BCUT2D eigenvalue weighted by Crippen LogP contribution is -2.42. The van der Waals surface area contributed by atoms with Gasteiger partial charge in [0.2, 0.25) is 0 Å². The first-order valence-corrected chi connectivity index (χ1v) is 9.14. The average molecular weight is 341 g/mol. The molecule has 2 atom stereocenters. The highest BCUT2D eigenvalue weighted by molar-refractivity contribution is 5.61. The van der Waals surface area contributed by atoms with Gasteiger partial charge < -0.3 is 10.1 Å². The molecular formula is C24H23NO. The first-order chi connectivity index (χ1) is 12.8. The monoisotopic (exact) mass is 341 g/mol. The van der Waals surface area contributed by atoms with Crippen molar-refractivity contribution in [3.8, 4) is 0 Å². The van der Waals surface area contributed by atoms with Crippen LogP contribution in [-0.2, 0) is 10.3 Å². The van der Waals surface area contributed by atoms with Crippen LogP contribution in [-0.4, -0.2) is 6.23 Å². The molecule has 0 saturated carbocycles. The third-order valence-electron chi connectivity index (χ3n) is 4.99. The minimum absolute atomic E-state index is 0.190.